The number of amides is 1. The molecule has 1 aliphatic rings. The Morgan fingerprint density at radius 3 is 3.00 bits per heavy atom. The standard InChI is InChI=1S/C10H9ClN2O5/c11-8-2-1-6(13(15)16)3-9(8)17-5-7-4-12-10(14)18-7/h1-3,7H,4-5H2,(H,12,14). The number of rotatable bonds is 4. The number of nitro benzene ring substituents is 1. The van der Waals surface area contributed by atoms with Gasteiger partial charge in [-0.1, -0.05) is 11.6 Å². The molecule has 1 atom stereocenters. The summed E-state index contributed by atoms with van der Waals surface area (Å²) >= 11 is 5.84. The van der Waals surface area contributed by atoms with Crippen molar-refractivity contribution in [2.24, 2.45) is 0 Å². The van der Waals surface area contributed by atoms with Gasteiger partial charge in [0.15, 0.2) is 6.10 Å². The van der Waals surface area contributed by atoms with E-state index in [0.29, 0.717) is 6.54 Å². The van der Waals surface area contributed by atoms with Gasteiger partial charge in [0, 0.05) is 6.07 Å². The van der Waals surface area contributed by atoms with Crippen LogP contribution in [0.5, 0.6) is 5.75 Å². The molecule has 0 radical (unpaired) electrons. The van der Waals surface area contributed by atoms with Crippen molar-refractivity contribution in [1.29, 1.82) is 0 Å². The number of carbonyl (C=O) groups excluding carboxylic acids is 1. The van der Waals surface area contributed by atoms with Crippen molar-refractivity contribution < 1.29 is 19.2 Å². The topological polar surface area (TPSA) is 90.7 Å². The first kappa shape index (κ1) is 12.4. The molecule has 1 unspecified atom stereocenters. The number of ether oxygens (including phenoxy) is 2. The molecular weight excluding hydrogens is 264 g/mol. The van der Waals surface area contributed by atoms with Gasteiger partial charge in [-0.2, -0.15) is 0 Å². The Labute approximate surface area is 107 Å². The number of halogens is 1. The lowest BCUT2D eigenvalue weighted by Crippen LogP contribution is -2.22. The summed E-state index contributed by atoms with van der Waals surface area (Å²) in [5, 5.41) is 13.3. The fourth-order valence-electron chi connectivity index (χ4n) is 1.42. The van der Waals surface area contributed by atoms with E-state index in [1.54, 1.807) is 0 Å². The van der Waals surface area contributed by atoms with Crippen molar-refractivity contribution in [1.82, 2.24) is 5.32 Å². The van der Waals surface area contributed by atoms with Gasteiger partial charge in [-0.25, -0.2) is 4.79 Å². The Morgan fingerprint density at radius 1 is 1.61 bits per heavy atom. The van der Waals surface area contributed by atoms with Crippen molar-refractivity contribution >= 4 is 23.4 Å². The molecule has 1 aliphatic heterocycles. The molecule has 96 valence electrons. The van der Waals surface area contributed by atoms with Crippen LogP contribution in [0.25, 0.3) is 0 Å². The summed E-state index contributed by atoms with van der Waals surface area (Å²) in [5.41, 5.74) is -0.115. The van der Waals surface area contributed by atoms with Crippen LogP contribution >= 0.6 is 11.6 Å². The highest BCUT2D eigenvalue weighted by atomic mass is 35.5. The number of nitrogens with one attached hydrogen (secondary N) is 1. The minimum Gasteiger partial charge on any atom is -0.488 e. The minimum absolute atomic E-state index is 0.0830. The predicted octanol–water partition coefficient (Wildman–Crippen LogP) is 1.74. The van der Waals surface area contributed by atoms with Crippen LogP contribution in [0.1, 0.15) is 0 Å². The molecule has 0 aliphatic carbocycles. The summed E-state index contributed by atoms with van der Waals surface area (Å²) in [6.45, 7) is 0.422. The molecular formula is C10H9ClN2O5. The average Bonchev–Trinajstić information content (AvgIpc) is 2.74. The summed E-state index contributed by atoms with van der Waals surface area (Å²) in [6, 6.07) is 3.90. The van der Waals surface area contributed by atoms with Crippen LogP contribution in [-0.4, -0.2) is 30.3 Å². The number of carbonyl (C=O) groups is 1. The fraction of sp³-hybridized carbons (Fsp3) is 0.300. The zero-order valence-electron chi connectivity index (χ0n) is 9.09. The second-order valence-electron chi connectivity index (χ2n) is 3.59. The Balaban J connectivity index is 2.02. The van der Waals surface area contributed by atoms with E-state index in [1.807, 2.05) is 0 Å². The number of nitro groups is 1. The van der Waals surface area contributed by atoms with Crippen LogP contribution in [0.3, 0.4) is 0 Å². The summed E-state index contributed by atoms with van der Waals surface area (Å²) in [5.74, 6) is 0.189. The SMILES string of the molecule is O=C1NCC(COc2cc([N+](=O)[O-])ccc2Cl)O1. The molecule has 2 rings (SSSR count). The summed E-state index contributed by atoms with van der Waals surface area (Å²) in [7, 11) is 0. The van der Waals surface area contributed by atoms with E-state index in [9.17, 15) is 14.9 Å². The van der Waals surface area contributed by atoms with Crippen molar-refractivity contribution in [3.8, 4) is 5.75 Å². The summed E-state index contributed by atoms with van der Waals surface area (Å²) < 4.78 is 10.2. The van der Waals surface area contributed by atoms with Gasteiger partial charge in [0.25, 0.3) is 5.69 Å². The van der Waals surface area contributed by atoms with Crippen LogP contribution in [0.15, 0.2) is 18.2 Å². The second-order valence-corrected chi connectivity index (χ2v) is 4.00. The molecule has 1 aromatic rings. The number of hydrogen-bond acceptors (Lipinski definition) is 5. The van der Waals surface area contributed by atoms with Crippen LogP contribution < -0.4 is 10.1 Å². The molecule has 1 aromatic carbocycles. The molecule has 1 fully saturated rings. The number of non-ortho nitro benzene ring substituents is 1. The van der Waals surface area contributed by atoms with Crippen molar-refractivity contribution in [3.05, 3.63) is 33.3 Å². The third-order valence-electron chi connectivity index (χ3n) is 2.30. The molecule has 0 aromatic heterocycles. The molecule has 0 spiro atoms. The Kier molecular flexibility index (Phi) is 3.52. The van der Waals surface area contributed by atoms with E-state index in [0.717, 1.165) is 0 Å². The molecule has 1 N–H and O–H groups in total. The van der Waals surface area contributed by atoms with Crippen LogP contribution in [0, 0.1) is 10.1 Å². The summed E-state index contributed by atoms with van der Waals surface area (Å²) in [4.78, 5) is 20.8. The maximum Gasteiger partial charge on any atom is 0.407 e. The van der Waals surface area contributed by atoms with E-state index in [2.05, 4.69) is 5.32 Å². The monoisotopic (exact) mass is 272 g/mol. The highest BCUT2D eigenvalue weighted by Crippen LogP contribution is 2.29. The van der Waals surface area contributed by atoms with E-state index >= 15 is 0 Å². The zero-order chi connectivity index (χ0) is 13.1. The third kappa shape index (κ3) is 2.80. The summed E-state index contributed by atoms with van der Waals surface area (Å²) in [6.07, 6.45) is -0.929. The Hall–Kier alpha value is -2.02. The molecule has 1 saturated heterocycles. The lowest BCUT2D eigenvalue weighted by molar-refractivity contribution is -0.384. The quantitative estimate of drug-likeness (QED) is 0.666. The van der Waals surface area contributed by atoms with Gasteiger partial charge in [0.1, 0.15) is 12.4 Å². The number of benzene rings is 1. The van der Waals surface area contributed by atoms with Crippen molar-refractivity contribution in [2.75, 3.05) is 13.2 Å². The van der Waals surface area contributed by atoms with Crippen LogP contribution in [0.4, 0.5) is 10.5 Å². The highest BCUT2D eigenvalue weighted by molar-refractivity contribution is 6.32. The molecule has 0 bridgehead atoms. The second kappa shape index (κ2) is 5.09. The third-order valence-corrected chi connectivity index (χ3v) is 2.61. The normalized spacial score (nSPS) is 18.1. The average molecular weight is 273 g/mol. The number of hydrogen-bond donors (Lipinski definition) is 1. The number of alkyl carbamates (subject to hydrolysis) is 1. The number of cyclic esters (lactones) is 1. The fourth-order valence-corrected chi connectivity index (χ4v) is 1.60. The van der Waals surface area contributed by atoms with Crippen molar-refractivity contribution in [2.45, 2.75) is 6.10 Å². The Bertz CT molecular complexity index is 493. The lowest BCUT2D eigenvalue weighted by atomic mass is 10.3. The first-order valence-corrected chi connectivity index (χ1v) is 5.45. The molecule has 1 heterocycles. The van der Waals surface area contributed by atoms with Crippen molar-refractivity contribution in [3.63, 3.8) is 0 Å². The first-order valence-electron chi connectivity index (χ1n) is 5.07. The Morgan fingerprint density at radius 2 is 2.39 bits per heavy atom. The van der Waals surface area contributed by atoms with E-state index in [-0.39, 0.29) is 23.1 Å². The molecule has 0 saturated carbocycles. The van der Waals surface area contributed by atoms with Crippen LogP contribution in [0.2, 0.25) is 5.02 Å². The van der Waals surface area contributed by atoms with Gasteiger partial charge in [-0.05, 0) is 6.07 Å². The lowest BCUT2D eigenvalue weighted by Gasteiger charge is -2.11. The van der Waals surface area contributed by atoms with Crippen LogP contribution in [-0.2, 0) is 4.74 Å². The first-order chi connectivity index (χ1) is 8.56. The number of nitrogens with zero attached hydrogens (tertiary/aromatic N) is 1. The van der Waals surface area contributed by atoms with Gasteiger partial charge >= 0.3 is 6.09 Å². The smallest absolute Gasteiger partial charge is 0.407 e. The van der Waals surface area contributed by atoms with Gasteiger partial charge in [0.05, 0.1) is 22.6 Å². The van der Waals surface area contributed by atoms with Gasteiger partial charge in [-0.15, -0.1) is 0 Å². The molecule has 7 nitrogen and oxygen atoms in total. The van der Waals surface area contributed by atoms with E-state index in [1.165, 1.54) is 18.2 Å². The molecule has 1 amide bonds. The largest absolute Gasteiger partial charge is 0.488 e. The van der Waals surface area contributed by atoms with Gasteiger partial charge < -0.3 is 14.8 Å². The zero-order valence-corrected chi connectivity index (χ0v) is 9.85. The van der Waals surface area contributed by atoms with E-state index < -0.39 is 17.1 Å². The van der Waals surface area contributed by atoms with Gasteiger partial charge in [-0.3, -0.25) is 10.1 Å². The molecule has 18 heavy (non-hydrogen) atoms. The van der Waals surface area contributed by atoms with E-state index in [4.69, 9.17) is 21.1 Å². The minimum atomic E-state index is -0.541. The maximum absolute atomic E-state index is 10.8. The van der Waals surface area contributed by atoms with Gasteiger partial charge in [0.2, 0.25) is 0 Å². The maximum atomic E-state index is 10.8. The highest BCUT2D eigenvalue weighted by Gasteiger charge is 2.23. The molecule has 8 heteroatoms. The predicted molar refractivity (Wildman–Crippen MR) is 61.9 cm³/mol.